The van der Waals surface area contributed by atoms with Crippen LogP contribution in [0.2, 0.25) is 0 Å². The third-order valence-electron chi connectivity index (χ3n) is 2.32. The molecule has 0 radical (unpaired) electrons. The maximum atomic E-state index is 11.7. The van der Waals surface area contributed by atoms with Gasteiger partial charge in [-0.15, -0.1) is 0 Å². The van der Waals surface area contributed by atoms with Gasteiger partial charge in [0.2, 0.25) is 15.9 Å². The Morgan fingerprint density at radius 1 is 1.47 bits per heavy atom. The second-order valence-corrected chi connectivity index (χ2v) is 6.14. The minimum absolute atomic E-state index is 0.374. The molecule has 1 amide bonds. The molecule has 1 aliphatic carbocycles. The summed E-state index contributed by atoms with van der Waals surface area (Å²) in [6.07, 6.45) is 6.11. The average Bonchev–Trinajstić information content (AvgIpc) is 2.25. The minimum atomic E-state index is -3.68. The van der Waals surface area contributed by atoms with Crippen molar-refractivity contribution in [2.45, 2.75) is 23.5 Å². The molecular formula is C10H15ClN2O3S. The van der Waals surface area contributed by atoms with Gasteiger partial charge in [0.1, 0.15) is 5.25 Å². The molecule has 0 saturated carbocycles. The zero-order valence-electron chi connectivity index (χ0n) is 9.39. The second kappa shape index (κ2) is 5.20. The third kappa shape index (κ3) is 3.55. The normalized spacial score (nSPS) is 28.1. The summed E-state index contributed by atoms with van der Waals surface area (Å²) < 4.78 is 22.1. The number of carbonyl (C=O) groups is 1. The lowest BCUT2D eigenvalue weighted by molar-refractivity contribution is -0.121. The molecule has 0 fully saturated rings. The van der Waals surface area contributed by atoms with Gasteiger partial charge in [0.15, 0.2) is 4.87 Å². The van der Waals surface area contributed by atoms with E-state index in [9.17, 15) is 13.2 Å². The molecule has 17 heavy (non-hydrogen) atoms. The maximum Gasteiger partial charge on any atom is 0.249 e. The van der Waals surface area contributed by atoms with Crippen LogP contribution in [0.4, 0.5) is 0 Å². The smallest absolute Gasteiger partial charge is 0.249 e. The van der Waals surface area contributed by atoms with E-state index in [-0.39, 0.29) is 5.91 Å². The quantitative estimate of drug-likeness (QED) is 0.571. The van der Waals surface area contributed by atoms with Crippen molar-refractivity contribution in [2.24, 2.45) is 5.14 Å². The summed E-state index contributed by atoms with van der Waals surface area (Å²) in [5.41, 5.74) is 0. The monoisotopic (exact) mass is 278 g/mol. The molecule has 0 aromatic heterocycles. The molecule has 0 saturated heterocycles. The van der Waals surface area contributed by atoms with Crippen molar-refractivity contribution in [2.75, 3.05) is 6.54 Å². The number of sulfonamides is 1. The van der Waals surface area contributed by atoms with Crippen molar-refractivity contribution in [1.82, 2.24) is 5.32 Å². The molecule has 0 aliphatic heterocycles. The van der Waals surface area contributed by atoms with E-state index in [4.69, 9.17) is 16.7 Å². The first-order valence-corrected chi connectivity index (χ1v) is 7.16. The first kappa shape index (κ1) is 14.2. The lowest BCUT2D eigenvalue weighted by Gasteiger charge is -2.22. The van der Waals surface area contributed by atoms with Crippen molar-refractivity contribution in [3.63, 3.8) is 0 Å². The van der Waals surface area contributed by atoms with Crippen molar-refractivity contribution in [3.8, 4) is 0 Å². The van der Waals surface area contributed by atoms with Crippen LogP contribution in [0.25, 0.3) is 0 Å². The summed E-state index contributed by atoms with van der Waals surface area (Å²) >= 11 is 6.06. The Kier molecular flexibility index (Phi) is 4.35. The fraction of sp³-hybridized carbons (Fsp3) is 0.500. The number of hydrogen-bond acceptors (Lipinski definition) is 3. The molecule has 1 aliphatic rings. The van der Waals surface area contributed by atoms with Crippen molar-refractivity contribution in [3.05, 3.63) is 24.3 Å². The molecule has 5 nitrogen and oxygen atoms in total. The fourth-order valence-corrected chi connectivity index (χ4v) is 2.14. The number of hydrogen-bond donors (Lipinski definition) is 2. The second-order valence-electron chi connectivity index (χ2n) is 3.80. The van der Waals surface area contributed by atoms with E-state index in [2.05, 4.69) is 5.32 Å². The highest BCUT2D eigenvalue weighted by atomic mass is 35.5. The number of carbonyl (C=O) groups excluding carboxylic acids is 1. The lowest BCUT2D eigenvalue weighted by atomic mass is 10.0. The zero-order valence-corrected chi connectivity index (χ0v) is 11.0. The van der Waals surface area contributed by atoms with Gasteiger partial charge in [-0.3, -0.25) is 4.79 Å². The zero-order chi connectivity index (χ0) is 13.1. The summed E-state index contributed by atoms with van der Waals surface area (Å²) in [4.78, 5) is 10.4. The molecular weight excluding hydrogens is 264 g/mol. The van der Waals surface area contributed by atoms with Gasteiger partial charge in [-0.05, 0) is 6.42 Å². The van der Waals surface area contributed by atoms with Crippen LogP contribution in [-0.4, -0.2) is 31.0 Å². The van der Waals surface area contributed by atoms with E-state index in [0.29, 0.717) is 6.54 Å². The number of halogens is 1. The third-order valence-corrected chi connectivity index (χ3v) is 3.82. The Labute approximate surface area is 106 Å². The van der Waals surface area contributed by atoms with Gasteiger partial charge in [0.25, 0.3) is 0 Å². The van der Waals surface area contributed by atoms with Crippen LogP contribution in [-0.2, 0) is 14.8 Å². The van der Waals surface area contributed by atoms with Crippen LogP contribution < -0.4 is 10.5 Å². The Bertz CT molecular complexity index is 442. The number of rotatable bonds is 4. The van der Waals surface area contributed by atoms with Gasteiger partial charge >= 0.3 is 0 Å². The van der Waals surface area contributed by atoms with Gasteiger partial charge in [0, 0.05) is 6.54 Å². The highest BCUT2D eigenvalue weighted by molar-refractivity contribution is 7.90. The van der Waals surface area contributed by atoms with E-state index in [1.807, 2.05) is 6.92 Å². The fourth-order valence-electron chi connectivity index (χ4n) is 1.33. The molecule has 0 heterocycles. The first-order valence-electron chi connectivity index (χ1n) is 5.17. The molecule has 0 aromatic rings. The predicted molar refractivity (Wildman–Crippen MR) is 67.1 cm³/mol. The summed E-state index contributed by atoms with van der Waals surface area (Å²) in [7, 11) is -3.68. The molecule has 0 atom stereocenters. The Balaban J connectivity index is 2.78. The number of nitrogens with one attached hydrogen (secondary N) is 1. The van der Waals surface area contributed by atoms with Gasteiger partial charge in [-0.1, -0.05) is 42.8 Å². The highest BCUT2D eigenvalue weighted by Gasteiger charge is 2.34. The van der Waals surface area contributed by atoms with Gasteiger partial charge in [-0.2, -0.15) is 0 Å². The van der Waals surface area contributed by atoms with E-state index in [1.54, 1.807) is 0 Å². The Morgan fingerprint density at radius 3 is 2.41 bits per heavy atom. The molecule has 7 heteroatoms. The maximum absolute atomic E-state index is 11.7. The van der Waals surface area contributed by atoms with Crippen LogP contribution in [0.3, 0.4) is 0 Å². The van der Waals surface area contributed by atoms with Gasteiger partial charge in [0.05, 0.1) is 0 Å². The number of alkyl halides is 1. The van der Waals surface area contributed by atoms with Gasteiger partial charge < -0.3 is 5.32 Å². The molecule has 1 rings (SSSR count). The molecule has 0 aromatic carbocycles. The van der Waals surface area contributed by atoms with E-state index >= 15 is 0 Å². The average molecular weight is 279 g/mol. The van der Waals surface area contributed by atoms with Gasteiger partial charge in [-0.25, -0.2) is 13.6 Å². The number of primary sulfonamides is 1. The summed E-state index contributed by atoms with van der Waals surface area (Å²) in [5.74, 6) is -0.374. The summed E-state index contributed by atoms with van der Waals surface area (Å²) in [6, 6.07) is 0. The first-order chi connectivity index (χ1) is 7.79. The largest absolute Gasteiger partial charge is 0.354 e. The molecule has 0 unspecified atom stereocenters. The standard InChI is InChI=1S/C10H15ClN2O3S/c1-2-7-13-9(14)10(11)5-3-8(4-6-10)17(12,15)16/h3-6,8H,2,7H2,1H3,(H,13,14)(H2,12,15,16). The van der Waals surface area contributed by atoms with Crippen LogP contribution in [0.15, 0.2) is 24.3 Å². The van der Waals surface area contributed by atoms with E-state index in [1.165, 1.54) is 24.3 Å². The predicted octanol–water partition coefficient (Wildman–Crippen LogP) is 0.273. The Hall–Kier alpha value is -0.850. The lowest BCUT2D eigenvalue weighted by Crippen LogP contribution is -2.42. The number of nitrogens with two attached hydrogens (primary N) is 1. The molecule has 96 valence electrons. The van der Waals surface area contributed by atoms with Crippen molar-refractivity contribution in [1.29, 1.82) is 0 Å². The molecule has 0 spiro atoms. The highest BCUT2D eigenvalue weighted by Crippen LogP contribution is 2.25. The van der Waals surface area contributed by atoms with E-state index < -0.39 is 20.1 Å². The van der Waals surface area contributed by atoms with Crippen LogP contribution in [0.5, 0.6) is 0 Å². The topological polar surface area (TPSA) is 89.3 Å². The van der Waals surface area contributed by atoms with Crippen LogP contribution in [0.1, 0.15) is 13.3 Å². The van der Waals surface area contributed by atoms with Crippen molar-refractivity contribution < 1.29 is 13.2 Å². The minimum Gasteiger partial charge on any atom is -0.354 e. The SMILES string of the molecule is CCCNC(=O)C1(Cl)C=CC(S(N)(=O)=O)C=C1. The summed E-state index contributed by atoms with van der Waals surface area (Å²) in [6.45, 7) is 2.44. The number of amides is 1. The van der Waals surface area contributed by atoms with Crippen LogP contribution >= 0.6 is 11.6 Å². The van der Waals surface area contributed by atoms with E-state index in [0.717, 1.165) is 6.42 Å². The Morgan fingerprint density at radius 2 is 2.00 bits per heavy atom. The molecule has 0 bridgehead atoms. The van der Waals surface area contributed by atoms with Crippen molar-refractivity contribution >= 4 is 27.5 Å². The summed E-state index contributed by atoms with van der Waals surface area (Å²) in [5, 5.41) is 6.70. The molecule has 3 N–H and O–H groups in total. The van der Waals surface area contributed by atoms with Crippen LogP contribution in [0, 0.1) is 0 Å².